The third kappa shape index (κ3) is 4.84. The Kier molecular flexibility index (Phi) is 6.57. The lowest BCUT2D eigenvalue weighted by atomic mass is 9.95. The van der Waals surface area contributed by atoms with Crippen LogP contribution in [0, 0.1) is 0 Å². The van der Waals surface area contributed by atoms with Crippen molar-refractivity contribution >= 4 is 22.9 Å². The normalized spacial score (nSPS) is 14.3. The molecule has 4 rings (SSSR count). The van der Waals surface area contributed by atoms with Crippen LogP contribution in [-0.4, -0.2) is 29.7 Å². The van der Waals surface area contributed by atoms with Gasteiger partial charge in [-0.2, -0.15) is 0 Å². The van der Waals surface area contributed by atoms with Gasteiger partial charge in [0.15, 0.2) is 0 Å². The van der Waals surface area contributed by atoms with Gasteiger partial charge in [0, 0.05) is 42.3 Å². The molecule has 0 aliphatic carbocycles. The Bertz CT molecular complexity index is 1150. The van der Waals surface area contributed by atoms with Gasteiger partial charge in [0.05, 0.1) is 6.54 Å². The van der Waals surface area contributed by atoms with Crippen LogP contribution in [0.2, 0.25) is 0 Å². The number of carbonyl (C=O) groups is 1. The molecule has 1 aliphatic heterocycles. The molecule has 0 bridgehead atoms. The van der Waals surface area contributed by atoms with E-state index in [0.29, 0.717) is 49.0 Å². The van der Waals surface area contributed by atoms with Crippen LogP contribution in [0.25, 0.3) is 11.3 Å². The van der Waals surface area contributed by atoms with Crippen molar-refractivity contribution in [2.24, 2.45) is 16.5 Å². The highest BCUT2D eigenvalue weighted by Crippen LogP contribution is 2.27. The van der Waals surface area contributed by atoms with E-state index in [9.17, 15) is 4.79 Å². The van der Waals surface area contributed by atoms with Crippen LogP contribution >= 0.6 is 0 Å². The molecule has 0 radical (unpaired) electrons. The predicted octanol–water partition coefficient (Wildman–Crippen LogP) is 2.52. The quantitative estimate of drug-likeness (QED) is 0.536. The minimum absolute atomic E-state index is 0.233. The molecule has 0 saturated carbocycles. The average molecular weight is 428 g/mol. The number of carbonyl (C=O) groups excluding carboxylic acids is 1. The summed E-state index contributed by atoms with van der Waals surface area (Å²) in [5.41, 5.74) is 17.3. The van der Waals surface area contributed by atoms with Crippen molar-refractivity contribution in [3.63, 3.8) is 0 Å². The van der Waals surface area contributed by atoms with Gasteiger partial charge in [-0.15, -0.1) is 0 Å². The van der Waals surface area contributed by atoms with Gasteiger partial charge in [-0.25, -0.2) is 0 Å². The Morgan fingerprint density at radius 1 is 1.00 bits per heavy atom. The fourth-order valence-electron chi connectivity index (χ4n) is 3.51. The molecule has 3 aromatic rings. The Morgan fingerprint density at radius 3 is 2.47 bits per heavy atom. The number of hydrogen-bond acceptors (Lipinski definition) is 6. The Hall–Kier alpha value is -3.97. The van der Waals surface area contributed by atoms with Crippen LogP contribution in [0.4, 0.5) is 0 Å². The molecule has 5 N–H and O–H groups in total. The van der Waals surface area contributed by atoms with E-state index in [-0.39, 0.29) is 5.91 Å². The van der Waals surface area contributed by atoms with Gasteiger partial charge >= 0.3 is 0 Å². The molecule has 0 saturated heterocycles. The summed E-state index contributed by atoms with van der Waals surface area (Å²) >= 11 is 0. The number of hydrogen-bond donors (Lipinski definition) is 3. The van der Waals surface area contributed by atoms with Crippen molar-refractivity contribution in [2.45, 2.75) is 13.2 Å². The van der Waals surface area contributed by atoms with E-state index in [4.69, 9.17) is 16.2 Å². The van der Waals surface area contributed by atoms with E-state index in [1.165, 1.54) is 0 Å². The molecule has 2 aromatic carbocycles. The molecular weight excluding hydrogens is 402 g/mol. The number of amides is 1. The third-order valence-electron chi connectivity index (χ3n) is 5.16. The van der Waals surface area contributed by atoms with Crippen molar-refractivity contribution < 1.29 is 9.53 Å². The summed E-state index contributed by atoms with van der Waals surface area (Å²) in [6.07, 6.45) is 3.33. The van der Waals surface area contributed by atoms with E-state index < -0.39 is 0 Å². The van der Waals surface area contributed by atoms with E-state index in [1.807, 2.05) is 60.7 Å². The van der Waals surface area contributed by atoms with Crippen LogP contribution in [0.15, 0.2) is 78.0 Å². The van der Waals surface area contributed by atoms with Gasteiger partial charge in [0.25, 0.3) is 5.91 Å². The molecule has 7 heteroatoms. The van der Waals surface area contributed by atoms with Gasteiger partial charge in [0.2, 0.25) is 0 Å². The summed E-state index contributed by atoms with van der Waals surface area (Å²) < 4.78 is 5.93. The number of nitrogens with one attached hydrogen (secondary N) is 1. The van der Waals surface area contributed by atoms with Gasteiger partial charge in [-0.3, -0.25) is 14.8 Å². The second-order valence-corrected chi connectivity index (χ2v) is 7.35. The lowest BCUT2D eigenvalue weighted by Gasteiger charge is -2.19. The molecule has 162 valence electrons. The second kappa shape index (κ2) is 9.89. The lowest BCUT2D eigenvalue weighted by Crippen LogP contribution is -2.38. The summed E-state index contributed by atoms with van der Waals surface area (Å²) in [6.45, 7) is 1.96. The van der Waals surface area contributed by atoms with Gasteiger partial charge in [0.1, 0.15) is 18.1 Å². The van der Waals surface area contributed by atoms with Crippen LogP contribution < -0.4 is 21.5 Å². The van der Waals surface area contributed by atoms with Gasteiger partial charge in [-0.1, -0.05) is 36.4 Å². The number of aliphatic imine (C=N–C) groups is 1. The highest BCUT2D eigenvalue weighted by Gasteiger charge is 2.23. The lowest BCUT2D eigenvalue weighted by molar-refractivity contribution is -0.114. The zero-order valence-corrected chi connectivity index (χ0v) is 17.6. The monoisotopic (exact) mass is 427 g/mol. The number of benzene rings is 2. The van der Waals surface area contributed by atoms with E-state index in [1.54, 1.807) is 12.4 Å². The summed E-state index contributed by atoms with van der Waals surface area (Å²) in [6, 6.07) is 19.1. The first kappa shape index (κ1) is 21.3. The number of aromatic nitrogens is 1. The van der Waals surface area contributed by atoms with Crippen molar-refractivity contribution in [1.82, 2.24) is 10.3 Å². The highest BCUT2D eigenvalue weighted by atomic mass is 16.5. The van der Waals surface area contributed by atoms with Gasteiger partial charge in [-0.05, 0) is 41.0 Å². The van der Waals surface area contributed by atoms with Gasteiger partial charge < -0.3 is 21.5 Å². The fraction of sp³-hybridized carbons (Fsp3) is 0.160. The van der Waals surface area contributed by atoms with Crippen LogP contribution in [0.1, 0.15) is 22.3 Å². The Labute approximate surface area is 186 Å². The summed E-state index contributed by atoms with van der Waals surface area (Å²) in [5, 5.41) is 2.84. The summed E-state index contributed by atoms with van der Waals surface area (Å²) in [5.74, 6) is 0.479. The highest BCUT2D eigenvalue weighted by molar-refractivity contribution is 6.58. The number of rotatable bonds is 7. The molecule has 0 spiro atoms. The Balaban J connectivity index is 1.62. The second-order valence-electron chi connectivity index (χ2n) is 7.35. The SMILES string of the molecule is NCc1cccc(COc2ccc(C(C3=NCCNC3=O)=C(N)c3ccncc3)cc2)c1. The van der Waals surface area contributed by atoms with E-state index in [2.05, 4.69) is 15.3 Å². The first-order valence-electron chi connectivity index (χ1n) is 10.4. The predicted molar refractivity (Wildman–Crippen MR) is 126 cm³/mol. The molecule has 1 aliphatic rings. The fourth-order valence-corrected chi connectivity index (χ4v) is 3.51. The van der Waals surface area contributed by atoms with Crippen molar-refractivity contribution in [3.8, 4) is 5.75 Å². The summed E-state index contributed by atoms with van der Waals surface area (Å²) in [7, 11) is 0. The zero-order valence-electron chi connectivity index (χ0n) is 17.6. The molecule has 7 nitrogen and oxygen atoms in total. The zero-order chi connectivity index (χ0) is 22.3. The minimum atomic E-state index is -0.233. The third-order valence-corrected chi connectivity index (χ3v) is 5.16. The van der Waals surface area contributed by atoms with Crippen molar-refractivity contribution in [2.75, 3.05) is 13.1 Å². The molecular formula is C25H25N5O2. The van der Waals surface area contributed by atoms with Crippen LogP contribution in [0.5, 0.6) is 5.75 Å². The molecule has 32 heavy (non-hydrogen) atoms. The van der Waals surface area contributed by atoms with E-state index in [0.717, 1.165) is 22.3 Å². The summed E-state index contributed by atoms with van der Waals surface area (Å²) in [4.78, 5) is 21.0. The van der Waals surface area contributed by atoms with Crippen molar-refractivity contribution in [3.05, 3.63) is 95.3 Å². The number of nitrogens with zero attached hydrogens (tertiary/aromatic N) is 2. The molecule has 0 fully saturated rings. The maximum Gasteiger partial charge on any atom is 0.270 e. The number of pyridine rings is 1. The molecule has 0 atom stereocenters. The Morgan fingerprint density at radius 2 is 1.75 bits per heavy atom. The average Bonchev–Trinajstić information content (AvgIpc) is 2.85. The van der Waals surface area contributed by atoms with Crippen molar-refractivity contribution in [1.29, 1.82) is 0 Å². The maximum atomic E-state index is 12.5. The minimum Gasteiger partial charge on any atom is -0.489 e. The number of nitrogens with two attached hydrogens (primary N) is 2. The molecule has 2 heterocycles. The first-order chi connectivity index (χ1) is 15.7. The van der Waals surface area contributed by atoms with Crippen LogP contribution in [0.3, 0.4) is 0 Å². The standard InChI is InChI=1S/C25H25N5O2/c26-15-17-2-1-3-18(14-17)16-32-21-6-4-19(5-7-21)22(24-25(31)30-13-12-29-24)23(27)20-8-10-28-11-9-20/h1-11,14H,12-13,15-16,26-27H2,(H,30,31). The number of ether oxygens (including phenoxy) is 1. The molecule has 1 amide bonds. The van der Waals surface area contributed by atoms with E-state index >= 15 is 0 Å². The van der Waals surface area contributed by atoms with Crippen LogP contribution in [-0.2, 0) is 17.9 Å². The largest absolute Gasteiger partial charge is 0.489 e. The maximum absolute atomic E-state index is 12.5. The molecule has 0 unspecified atom stereocenters. The molecule has 1 aromatic heterocycles. The smallest absolute Gasteiger partial charge is 0.270 e. The first-order valence-corrected chi connectivity index (χ1v) is 10.4. The topological polar surface area (TPSA) is 116 Å².